The normalized spacial score (nSPS) is 12.9. The molecule has 0 heterocycles. The molecule has 5 heteroatoms. The molecule has 1 unspecified atom stereocenters. The summed E-state index contributed by atoms with van der Waals surface area (Å²) in [5, 5.41) is 2.94. The summed E-state index contributed by atoms with van der Waals surface area (Å²) in [4.78, 5) is 17.5. The van der Waals surface area contributed by atoms with Crippen molar-refractivity contribution in [3.05, 3.63) is 30.3 Å². The number of para-hydroxylation sites is 1. The van der Waals surface area contributed by atoms with Crippen LogP contribution in [0.4, 0.5) is 5.69 Å². The first-order chi connectivity index (χ1) is 8.54. The van der Waals surface area contributed by atoms with E-state index < -0.39 is 6.04 Å². The number of likely N-dealkylation sites (N-methyl/N-ethyl adjacent to an activating group) is 1. The quantitative estimate of drug-likeness (QED) is 0.623. The molecule has 0 fully saturated rings. The molecule has 5 nitrogen and oxygen atoms in total. The topological polar surface area (TPSA) is 70.7 Å². The Kier molecular flexibility index (Phi) is 5.17. The van der Waals surface area contributed by atoms with Gasteiger partial charge in [-0.25, -0.2) is 4.99 Å². The fourth-order valence-corrected chi connectivity index (χ4v) is 1.44. The smallest absolute Gasteiger partial charge is 0.246 e. The van der Waals surface area contributed by atoms with Gasteiger partial charge in [0.15, 0.2) is 5.96 Å². The number of carbonyl (C=O) groups excluding carboxylic acids is 1. The lowest BCUT2D eigenvalue weighted by Gasteiger charge is -2.17. The third-order valence-electron chi connectivity index (χ3n) is 2.59. The second-order valence-electron chi connectivity index (χ2n) is 4.03. The van der Waals surface area contributed by atoms with E-state index in [2.05, 4.69) is 10.3 Å². The third-order valence-corrected chi connectivity index (χ3v) is 2.59. The number of nitrogens with zero attached hydrogens (tertiary/aromatic N) is 2. The van der Waals surface area contributed by atoms with Gasteiger partial charge in [-0.1, -0.05) is 18.2 Å². The molecule has 1 atom stereocenters. The highest BCUT2D eigenvalue weighted by Gasteiger charge is 2.15. The summed E-state index contributed by atoms with van der Waals surface area (Å²) in [6.45, 7) is 4.30. The molecular weight excluding hydrogens is 228 g/mol. The maximum absolute atomic E-state index is 11.8. The van der Waals surface area contributed by atoms with Crippen molar-refractivity contribution in [1.82, 2.24) is 4.90 Å². The largest absolute Gasteiger partial charge is 0.370 e. The Morgan fingerprint density at radius 3 is 2.61 bits per heavy atom. The standard InChI is InChI=1S/C13H20N4O/c1-4-17(3)12(18)10(2)15-13(14)16-11-8-6-5-7-9-11/h5-10H,4H2,1-3H3,(H3,14,15,16). The van der Waals surface area contributed by atoms with E-state index in [0.717, 1.165) is 5.69 Å². The van der Waals surface area contributed by atoms with E-state index in [1.807, 2.05) is 37.3 Å². The Bertz CT molecular complexity index is 416. The molecule has 0 aromatic heterocycles. The van der Waals surface area contributed by atoms with Crippen molar-refractivity contribution >= 4 is 17.6 Å². The van der Waals surface area contributed by atoms with Crippen LogP contribution in [0.5, 0.6) is 0 Å². The van der Waals surface area contributed by atoms with Gasteiger partial charge >= 0.3 is 0 Å². The molecule has 0 saturated heterocycles. The minimum Gasteiger partial charge on any atom is -0.370 e. The molecule has 0 bridgehead atoms. The SMILES string of the molecule is CCN(C)C(=O)C(C)N=C(N)Nc1ccccc1. The van der Waals surface area contributed by atoms with Gasteiger partial charge < -0.3 is 16.0 Å². The predicted molar refractivity (Wildman–Crippen MR) is 74.5 cm³/mol. The first kappa shape index (κ1) is 14.0. The van der Waals surface area contributed by atoms with E-state index in [1.54, 1.807) is 18.9 Å². The zero-order chi connectivity index (χ0) is 13.5. The van der Waals surface area contributed by atoms with Crippen molar-refractivity contribution in [2.75, 3.05) is 18.9 Å². The van der Waals surface area contributed by atoms with E-state index >= 15 is 0 Å². The number of rotatable bonds is 4. The van der Waals surface area contributed by atoms with Crippen LogP contribution in [0.2, 0.25) is 0 Å². The average Bonchev–Trinajstić information content (AvgIpc) is 2.37. The lowest BCUT2D eigenvalue weighted by atomic mass is 10.3. The number of benzene rings is 1. The number of anilines is 1. The Labute approximate surface area is 108 Å². The summed E-state index contributed by atoms with van der Waals surface area (Å²) < 4.78 is 0. The molecule has 98 valence electrons. The number of aliphatic imine (C=N–C) groups is 1. The highest BCUT2D eigenvalue weighted by Crippen LogP contribution is 2.04. The molecule has 0 saturated carbocycles. The van der Waals surface area contributed by atoms with Crippen molar-refractivity contribution in [3.8, 4) is 0 Å². The minimum absolute atomic E-state index is 0.0460. The van der Waals surface area contributed by atoms with Gasteiger partial charge in [-0.3, -0.25) is 4.79 Å². The molecule has 1 amide bonds. The van der Waals surface area contributed by atoms with E-state index in [4.69, 9.17) is 5.73 Å². The van der Waals surface area contributed by atoms with Crippen LogP contribution in [0.3, 0.4) is 0 Å². The monoisotopic (exact) mass is 248 g/mol. The number of guanidine groups is 1. The van der Waals surface area contributed by atoms with Crippen LogP contribution in [0.1, 0.15) is 13.8 Å². The Balaban J connectivity index is 2.63. The van der Waals surface area contributed by atoms with Crippen molar-refractivity contribution in [2.24, 2.45) is 10.7 Å². The number of nitrogens with two attached hydrogens (primary N) is 1. The fraction of sp³-hybridized carbons (Fsp3) is 0.385. The zero-order valence-corrected chi connectivity index (χ0v) is 11.1. The van der Waals surface area contributed by atoms with Crippen LogP contribution in [0.25, 0.3) is 0 Å². The van der Waals surface area contributed by atoms with Gasteiger partial charge in [0.2, 0.25) is 5.91 Å². The van der Waals surface area contributed by atoms with Gasteiger partial charge in [-0.2, -0.15) is 0 Å². The van der Waals surface area contributed by atoms with Crippen LogP contribution < -0.4 is 11.1 Å². The second-order valence-corrected chi connectivity index (χ2v) is 4.03. The van der Waals surface area contributed by atoms with E-state index in [1.165, 1.54) is 0 Å². The van der Waals surface area contributed by atoms with Crippen molar-refractivity contribution in [3.63, 3.8) is 0 Å². The number of amides is 1. The van der Waals surface area contributed by atoms with Crippen molar-refractivity contribution in [1.29, 1.82) is 0 Å². The average molecular weight is 248 g/mol. The zero-order valence-electron chi connectivity index (χ0n) is 11.1. The number of nitrogens with one attached hydrogen (secondary N) is 1. The summed E-state index contributed by atoms with van der Waals surface area (Å²) in [5.74, 6) is 0.196. The molecule has 1 aromatic rings. The Morgan fingerprint density at radius 1 is 1.44 bits per heavy atom. The van der Waals surface area contributed by atoms with Gasteiger partial charge in [-0.15, -0.1) is 0 Å². The molecule has 1 aromatic carbocycles. The predicted octanol–water partition coefficient (Wildman–Crippen LogP) is 1.28. The first-order valence-electron chi connectivity index (χ1n) is 5.95. The summed E-state index contributed by atoms with van der Waals surface area (Å²) >= 11 is 0. The lowest BCUT2D eigenvalue weighted by Crippen LogP contribution is -2.36. The highest BCUT2D eigenvalue weighted by atomic mass is 16.2. The van der Waals surface area contributed by atoms with Crippen LogP contribution in [-0.4, -0.2) is 36.4 Å². The molecule has 0 aliphatic heterocycles. The summed E-state index contributed by atoms with van der Waals surface area (Å²) in [6, 6.07) is 9.00. The molecule has 3 N–H and O–H groups in total. The minimum atomic E-state index is -0.480. The molecule has 0 radical (unpaired) electrons. The van der Waals surface area contributed by atoms with Gasteiger partial charge in [-0.05, 0) is 26.0 Å². The van der Waals surface area contributed by atoms with Crippen LogP contribution in [-0.2, 0) is 4.79 Å². The summed E-state index contributed by atoms with van der Waals surface area (Å²) in [5.41, 5.74) is 6.60. The Hall–Kier alpha value is -2.04. The molecule has 0 spiro atoms. The molecule has 0 aliphatic carbocycles. The van der Waals surface area contributed by atoms with Crippen LogP contribution in [0.15, 0.2) is 35.3 Å². The van der Waals surface area contributed by atoms with E-state index in [9.17, 15) is 4.79 Å². The van der Waals surface area contributed by atoms with Gasteiger partial charge in [0.05, 0.1) is 0 Å². The Morgan fingerprint density at radius 2 is 2.06 bits per heavy atom. The van der Waals surface area contributed by atoms with Crippen LogP contribution >= 0.6 is 0 Å². The maximum Gasteiger partial charge on any atom is 0.246 e. The lowest BCUT2D eigenvalue weighted by molar-refractivity contribution is -0.130. The van der Waals surface area contributed by atoms with Gasteiger partial charge in [0.25, 0.3) is 0 Å². The second kappa shape index (κ2) is 6.64. The number of carbonyl (C=O) groups is 1. The van der Waals surface area contributed by atoms with E-state index in [0.29, 0.717) is 6.54 Å². The van der Waals surface area contributed by atoms with Crippen molar-refractivity contribution in [2.45, 2.75) is 19.9 Å². The molecule has 0 aliphatic rings. The first-order valence-corrected chi connectivity index (χ1v) is 5.95. The third kappa shape index (κ3) is 4.08. The molecule has 18 heavy (non-hydrogen) atoms. The highest BCUT2D eigenvalue weighted by molar-refractivity contribution is 5.94. The van der Waals surface area contributed by atoms with Gasteiger partial charge in [0.1, 0.15) is 6.04 Å². The van der Waals surface area contributed by atoms with Crippen molar-refractivity contribution < 1.29 is 4.79 Å². The summed E-state index contributed by atoms with van der Waals surface area (Å²) in [6.07, 6.45) is 0. The molecular formula is C13H20N4O. The summed E-state index contributed by atoms with van der Waals surface area (Å²) in [7, 11) is 1.75. The molecule has 1 rings (SSSR count). The number of hydrogen-bond acceptors (Lipinski definition) is 2. The van der Waals surface area contributed by atoms with Crippen LogP contribution in [0, 0.1) is 0 Å². The fourth-order valence-electron chi connectivity index (χ4n) is 1.44. The number of hydrogen-bond donors (Lipinski definition) is 2. The maximum atomic E-state index is 11.8. The van der Waals surface area contributed by atoms with Gasteiger partial charge in [0, 0.05) is 19.3 Å². The van der Waals surface area contributed by atoms with E-state index in [-0.39, 0.29) is 11.9 Å².